The minimum absolute atomic E-state index is 0.0966. The molecule has 0 radical (unpaired) electrons. The summed E-state index contributed by atoms with van der Waals surface area (Å²) in [5.74, 6) is 0. The van der Waals surface area contributed by atoms with E-state index in [1.165, 1.54) is 4.57 Å². The third-order valence-corrected chi connectivity index (χ3v) is 2.95. The van der Waals surface area contributed by atoms with Crippen molar-refractivity contribution in [2.45, 2.75) is 6.54 Å². The van der Waals surface area contributed by atoms with E-state index in [4.69, 9.17) is 5.11 Å². The van der Waals surface area contributed by atoms with Crippen LogP contribution in [0.25, 0.3) is 22.3 Å². The van der Waals surface area contributed by atoms with E-state index in [0.29, 0.717) is 11.2 Å². The number of aliphatic hydroxyl groups excluding tert-OH is 1. The van der Waals surface area contributed by atoms with Gasteiger partial charge in [0.2, 0.25) is 0 Å². The average molecular weight is 256 g/mol. The summed E-state index contributed by atoms with van der Waals surface area (Å²) in [6.07, 6.45) is 5.12. The predicted octanol–water partition coefficient (Wildman–Crippen LogP) is 0.779. The van der Waals surface area contributed by atoms with Crippen LogP contribution >= 0.6 is 0 Å². The summed E-state index contributed by atoms with van der Waals surface area (Å²) in [6.45, 7) is 0.140. The lowest BCUT2D eigenvalue weighted by atomic mass is 10.1. The highest BCUT2D eigenvalue weighted by molar-refractivity contribution is 5.77. The topological polar surface area (TPSA) is 83.8 Å². The van der Waals surface area contributed by atoms with Crippen LogP contribution < -0.4 is 5.69 Å². The summed E-state index contributed by atoms with van der Waals surface area (Å²) in [5, 5.41) is 8.95. The molecule has 6 heteroatoms. The van der Waals surface area contributed by atoms with Crippen LogP contribution in [-0.4, -0.2) is 31.2 Å². The Balaban J connectivity index is 2.15. The number of fused-ring (bicyclic) bond motifs is 1. The van der Waals surface area contributed by atoms with Gasteiger partial charge in [0.15, 0.2) is 5.65 Å². The second-order valence-corrected chi connectivity index (χ2v) is 4.14. The van der Waals surface area contributed by atoms with Gasteiger partial charge in [-0.3, -0.25) is 9.55 Å². The third kappa shape index (κ3) is 2.02. The molecule has 0 unspecified atom stereocenters. The van der Waals surface area contributed by atoms with Crippen molar-refractivity contribution < 1.29 is 5.11 Å². The van der Waals surface area contributed by atoms with Gasteiger partial charge in [-0.2, -0.15) is 0 Å². The molecule has 0 spiro atoms. The van der Waals surface area contributed by atoms with Gasteiger partial charge in [-0.1, -0.05) is 0 Å². The molecule has 3 heterocycles. The first-order valence-electron chi connectivity index (χ1n) is 5.89. The number of hydrogen-bond acceptors (Lipinski definition) is 4. The molecule has 0 atom stereocenters. The van der Waals surface area contributed by atoms with Gasteiger partial charge in [0.1, 0.15) is 0 Å². The Kier molecular flexibility index (Phi) is 2.85. The van der Waals surface area contributed by atoms with E-state index >= 15 is 0 Å². The second kappa shape index (κ2) is 4.66. The molecule has 0 aliphatic carbocycles. The molecule has 19 heavy (non-hydrogen) atoms. The molecule has 2 N–H and O–H groups in total. The third-order valence-electron chi connectivity index (χ3n) is 2.95. The number of pyridine rings is 2. The Labute approximate surface area is 108 Å². The minimum Gasteiger partial charge on any atom is -0.395 e. The largest absolute Gasteiger partial charge is 0.395 e. The van der Waals surface area contributed by atoms with Crippen LogP contribution in [0.2, 0.25) is 0 Å². The highest BCUT2D eigenvalue weighted by Crippen LogP contribution is 2.20. The molecule has 0 aromatic carbocycles. The van der Waals surface area contributed by atoms with E-state index in [1.54, 1.807) is 18.6 Å². The molecule has 3 aromatic rings. The second-order valence-electron chi connectivity index (χ2n) is 4.14. The van der Waals surface area contributed by atoms with Crippen molar-refractivity contribution in [2.24, 2.45) is 0 Å². The Morgan fingerprint density at radius 1 is 1.26 bits per heavy atom. The number of nitrogens with one attached hydrogen (secondary N) is 1. The quantitative estimate of drug-likeness (QED) is 0.725. The molecule has 0 aliphatic heterocycles. The highest BCUT2D eigenvalue weighted by Gasteiger charge is 2.08. The van der Waals surface area contributed by atoms with Gasteiger partial charge in [0.05, 0.1) is 18.7 Å². The molecule has 3 rings (SSSR count). The first-order valence-corrected chi connectivity index (χ1v) is 5.89. The van der Waals surface area contributed by atoms with Gasteiger partial charge >= 0.3 is 5.69 Å². The zero-order valence-electron chi connectivity index (χ0n) is 10.1. The van der Waals surface area contributed by atoms with Crippen LogP contribution in [0.3, 0.4) is 0 Å². The van der Waals surface area contributed by atoms with Gasteiger partial charge in [-0.05, 0) is 23.8 Å². The molecule has 0 amide bonds. The number of aromatic amines is 1. The van der Waals surface area contributed by atoms with Crippen LogP contribution in [0.15, 0.2) is 41.6 Å². The van der Waals surface area contributed by atoms with E-state index in [0.717, 1.165) is 11.1 Å². The van der Waals surface area contributed by atoms with E-state index in [2.05, 4.69) is 15.0 Å². The summed E-state index contributed by atoms with van der Waals surface area (Å²) in [5.41, 5.74) is 2.85. The zero-order chi connectivity index (χ0) is 13.2. The molecule has 0 bridgehead atoms. The number of H-pyrrole nitrogens is 1. The summed E-state index contributed by atoms with van der Waals surface area (Å²) < 4.78 is 1.42. The van der Waals surface area contributed by atoms with Gasteiger partial charge in [-0.25, -0.2) is 9.78 Å². The molecule has 3 aromatic heterocycles. The lowest BCUT2D eigenvalue weighted by molar-refractivity contribution is 0.276. The number of rotatable bonds is 3. The predicted molar refractivity (Wildman–Crippen MR) is 70.7 cm³/mol. The first kappa shape index (κ1) is 11.6. The molecule has 96 valence electrons. The van der Waals surface area contributed by atoms with E-state index < -0.39 is 0 Å². The van der Waals surface area contributed by atoms with Crippen LogP contribution in [0.5, 0.6) is 0 Å². The summed E-state index contributed by atoms with van der Waals surface area (Å²) in [7, 11) is 0. The standard InChI is InChI=1S/C13H12N4O2/c18-6-5-17-12-11(16-13(17)19)7-10(8-15-12)9-1-3-14-4-2-9/h1-4,7-8,18H,5-6H2,(H,16,19). The van der Waals surface area contributed by atoms with Crippen LogP contribution in [0.1, 0.15) is 0 Å². The lowest BCUT2D eigenvalue weighted by Gasteiger charge is -2.02. The number of aromatic nitrogens is 4. The molecule has 0 saturated heterocycles. The molecule has 0 saturated carbocycles. The fourth-order valence-corrected chi connectivity index (χ4v) is 2.05. The van der Waals surface area contributed by atoms with Crippen LogP contribution in [0, 0.1) is 0 Å². The number of imidazole rings is 1. The summed E-state index contributed by atoms with van der Waals surface area (Å²) in [4.78, 5) is 22.7. The van der Waals surface area contributed by atoms with Crippen molar-refractivity contribution in [3.05, 3.63) is 47.3 Å². The maximum Gasteiger partial charge on any atom is 0.327 e. The normalized spacial score (nSPS) is 11.0. The highest BCUT2D eigenvalue weighted by atomic mass is 16.3. The zero-order valence-corrected chi connectivity index (χ0v) is 10.1. The maximum atomic E-state index is 11.7. The van der Waals surface area contributed by atoms with Gasteiger partial charge in [0.25, 0.3) is 0 Å². The average Bonchev–Trinajstić information content (AvgIpc) is 2.76. The van der Waals surface area contributed by atoms with Crippen LogP contribution in [0.4, 0.5) is 0 Å². The Hall–Kier alpha value is -2.47. The van der Waals surface area contributed by atoms with E-state index in [1.807, 2.05) is 18.2 Å². The number of hydrogen-bond donors (Lipinski definition) is 2. The number of nitrogens with zero attached hydrogens (tertiary/aromatic N) is 3. The first-order chi connectivity index (χ1) is 9.29. The molecule has 0 aliphatic rings. The van der Waals surface area contributed by atoms with Gasteiger partial charge in [0, 0.05) is 24.2 Å². The van der Waals surface area contributed by atoms with Crippen molar-refractivity contribution >= 4 is 11.2 Å². The fraction of sp³-hybridized carbons (Fsp3) is 0.154. The maximum absolute atomic E-state index is 11.7. The molecule has 0 fully saturated rings. The van der Waals surface area contributed by atoms with Crippen LogP contribution in [-0.2, 0) is 6.54 Å². The van der Waals surface area contributed by atoms with Crippen molar-refractivity contribution in [1.29, 1.82) is 0 Å². The Morgan fingerprint density at radius 3 is 2.79 bits per heavy atom. The lowest BCUT2D eigenvalue weighted by Crippen LogP contribution is -2.18. The monoisotopic (exact) mass is 256 g/mol. The smallest absolute Gasteiger partial charge is 0.327 e. The Bertz CT molecular complexity index is 761. The van der Waals surface area contributed by atoms with Crippen molar-refractivity contribution in [3.8, 4) is 11.1 Å². The molecular weight excluding hydrogens is 244 g/mol. The fourth-order valence-electron chi connectivity index (χ4n) is 2.05. The van der Waals surface area contributed by atoms with Crippen molar-refractivity contribution in [2.75, 3.05) is 6.61 Å². The van der Waals surface area contributed by atoms with Gasteiger partial charge in [-0.15, -0.1) is 0 Å². The molecule has 6 nitrogen and oxygen atoms in total. The van der Waals surface area contributed by atoms with Crippen molar-refractivity contribution in [3.63, 3.8) is 0 Å². The van der Waals surface area contributed by atoms with Crippen molar-refractivity contribution in [1.82, 2.24) is 19.5 Å². The SMILES string of the molecule is O=c1[nH]c2cc(-c3ccncc3)cnc2n1CCO. The van der Waals surface area contributed by atoms with E-state index in [9.17, 15) is 4.79 Å². The minimum atomic E-state index is -0.261. The molecular formula is C13H12N4O2. The van der Waals surface area contributed by atoms with Gasteiger partial charge < -0.3 is 10.1 Å². The van der Waals surface area contributed by atoms with E-state index in [-0.39, 0.29) is 18.8 Å². The summed E-state index contributed by atoms with van der Waals surface area (Å²) >= 11 is 0. The number of aliphatic hydroxyl groups is 1. The Morgan fingerprint density at radius 2 is 2.05 bits per heavy atom. The summed E-state index contributed by atoms with van der Waals surface area (Å²) in [6, 6.07) is 5.63.